The zero-order valence-electron chi connectivity index (χ0n) is 17.8. The number of carbonyl (C=O) groups excluding carboxylic acids is 2. The van der Waals surface area contributed by atoms with Crippen LogP contribution in [0.3, 0.4) is 0 Å². The van der Waals surface area contributed by atoms with Crippen LogP contribution in [0, 0.1) is 13.8 Å². The fraction of sp³-hybridized carbons (Fsp3) is 0.208. The molecule has 0 unspecified atom stereocenters. The molecule has 1 N–H and O–H groups in total. The van der Waals surface area contributed by atoms with Gasteiger partial charge in [-0.3, -0.25) is 4.79 Å². The highest BCUT2D eigenvalue weighted by Crippen LogP contribution is 2.31. The molecular weight excluding hydrogens is 487 g/mol. The van der Waals surface area contributed by atoms with Crippen molar-refractivity contribution in [2.45, 2.75) is 33.1 Å². The Morgan fingerprint density at radius 1 is 1.03 bits per heavy atom. The smallest absolute Gasteiger partial charge is 0.379 e. The van der Waals surface area contributed by atoms with Gasteiger partial charge in [0.05, 0.1) is 16.3 Å². The highest BCUT2D eigenvalue weighted by atomic mass is 35.5. The lowest BCUT2D eigenvalue weighted by Crippen LogP contribution is -2.22. The van der Waals surface area contributed by atoms with Gasteiger partial charge in [0.1, 0.15) is 11.5 Å². The average Bonchev–Trinajstić information content (AvgIpc) is 3.12. The van der Waals surface area contributed by atoms with Crippen LogP contribution in [-0.2, 0) is 6.42 Å². The van der Waals surface area contributed by atoms with Gasteiger partial charge < -0.3 is 9.15 Å². The van der Waals surface area contributed by atoms with Crippen LogP contribution in [0.15, 0.2) is 45.9 Å². The lowest BCUT2D eigenvalue weighted by Gasteiger charge is -2.13. The summed E-state index contributed by atoms with van der Waals surface area (Å²) in [6.45, 7) is 3.59. The van der Waals surface area contributed by atoms with E-state index in [9.17, 15) is 9.59 Å². The van der Waals surface area contributed by atoms with Crippen LogP contribution in [-0.4, -0.2) is 17.6 Å². The molecule has 1 aliphatic rings. The highest BCUT2D eigenvalue weighted by Gasteiger charge is 2.29. The second-order valence-corrected chi connectivity index (χ2v) is 8.88. The molecule has 170 valence electrons. The molecule has 0 fully saturated rings. The lowest BCUT2D eigenvalue weighted by molar-refractivity contribution is 0.0698. The first-order valence-corrected chi connectivity index (χ1v) is 11.3. The van der Waals surface area contributed by atoms with Gasteiger partial charge in [0.15, 0.2) is 0 Å². The minimum Gasteiger partial charge on any atom is -0.453 e. The van der Waals surface area contributed by atoms with Crippen molar-refractivity contribution in [2.75, 3.05) is 0 Å². The van der Waals surface area contributed by atoms with Crippen molar-refractivity contribution >= 4 is 52.4 Å². The Bertz CT molecular complexity index is 1300. The molecule has 0 saturated heterocycles. The van der Waals surface area contributed by atoms with Gasteiger partial charge in [0.2, 0.25) is 5.76 Å². The van der Waals surface area contributed by atoms with E-state index >= 15 is 0 Å². The summed E-state index contributed by atoms with van der Waals surface area (Å²) in [5.41, 5.74) is 5.53. The van der Waals surface area contributed by atoms with Crippen molar-refractivity contribution in [3.05, 3.63) is 85.2 Å². The Labute approximate surface area is 205 Å². The SMILES string of the molecule is Cc1cc(OC(=O)c2oc3c(c2C)/C(=N/NC(=O)c2ccc(Cl)cc2Cl)CCC3)ccc1Cl. The normalized spacial score (nSPS) is 14.2. The second kappa shape index (κ2) is 9.59. The summed E-state index contributed by atoms with van der Waals surface area (Å²) in [6, 6.07) is 9.57. The number of hydrogen-bond donors (Lipinski definition) is 1. The molecule has 3 aromatic rings. The van der Waals surface area contributed by atoms with Crippen molar-refractivity contribution in [3.63, 3.8) is 0 Å². The molecule has 1 amide bonds. The standard InChI is InChI=1S/C24H19Cl3N2O4/c1-12-10-15(7-9-17(12)26)32-24(31)22-13(2)21-19(4-3-5-20(21)33-22)28-29-23(30)16-8-6-14(25)11-18(16)27/h6-11H,3-5H2,1-2H3,(H,29,30)/b28-19+. The van der Waals surface area contributed by atoms with Gasteiger partial charge in [-0.15, -0.1) is 0 Å². The number of nitrogens with one attached hydrogen (secondary N) is 1. The van der Waals surface area contributed by atoms with Crippen LogP contribution in [0.4, 0.5) is 0 Å². The summed E-state index contributed by atoms with van der Waals surface area (Å²) >= 11 is 18.0. The lowest BCUT2D eigenvalue weighted by atomic mass is 9.93. The molecule has 33 heavy (non-hydrogen) atoms. The first kappa shape index (κ1) is 23.4. The summed E-state index contributed by atoms with van der Waals surface area (Å²) < 4.78 is 11.3. The topological polar surface area (TPSA) is 80.9 Å². The minimum absolute atomic E-state index is 0.106. The number of nitrogens with zero attached hydrogens (tertiary/aromatic N) is 1. The number of ether oxygens (including phenoxy) is 1. The number of rotatable bonds is 4. The van der Waals surface area contributed by atoms with E-state index in [2.05, 4.69) is 10.5 Å². The van der Waals surface area contributed by atoms with Gasteiger partial charge in [-0.2, -0.15) is 5.10 Å². The largest absolute Gasteiger partial charge is 0.453 e. The molecule has 6 nitrogen and oxygen atoms in total. The molecular formula is C24H19Cl3N2O4. The Hall–Kier alpha value is -2.80. The molecule has 9 heteroatoms. The third-order valence-electron chi connectivity index (χ3n) is 5.32. The van der Waals surface area contributed by atoms with Crippen molar-refractivity contribution in [3.8, 4) is 5.75 Å². The minimum atomic E-state index is -0.611. The van der Waals surface area contributed by atoms with E-state index in [-0.39, 0.29) is 16.3 Å². The zero-order valence-corrected chi connectivity index (χ0v) is 20.1. The van der Waals surface area contributed by atoms with Crippen LogP contribution in [0.1, 0.15) is 56.2 Å². The molecule has 1 heterocycles. The Balaban J connectivity index is 1.57. The fourth-order valence-electron chi connectivity index (χ4n) is 3.66. The number of aryl methyl sites for hydroxylation is 2. The summed E-state index contributed by atoms with van der Waals surface area (Å²) in [5, 5.41) is 5.55. The predicted molar refractivity (Wildman–Crippen MR) is 128 cm³/mol. The zero-order chi connectivity index (χ0) is 23.7. The average molecular weight is 506 g/mol. The molecule has 0 saturated carbocycles. The second-order valence-electron chi connectivity index (χ2n) is 7.63. The maximum atomic E-state index is 12.8. The maximum Gasteiger partial charge on any atom is 0.379 e. The molecule has 0 spiro atoms. The molecule has 1 aromatic heterocycles. The third-order valence-corrected chi connectivity index (χ3v) is 6.29. The van der Waals surface area contributed by atoms with Gasteiger partial charge in [0.25, 0.3) is 5.91 Å². The quantitative estimate of drug-likeness (QED) is 0.248. The number of halogens is 3. The van der Waals surface area contributed by atoms with E-state index in [1.165, 1.54) is 12.1 Å². The van der Waals surface area contributed by atoms with Crippen LogP contribution in [0.25, 0.3) is 0 Å². The molecule has 0 bridgehead atoms. The molecule has 4 rings (SSSR count). The maximum absolute atomic E-state index is 12.8. The number of hydrogen-bond acceptors (Lipinski definition) is 5. The van der Waals surface area contributed by atoms with E-state index in [4.69, 9.17) is 44.0 Å². The first-order chi connectivity index (χ1) is 15.7. The number of furan rings is 1. The molecule has 2 aromatic carbocycles. The van der Waals surface area contributed by atoms with Crippen LogP contribution < -0.4 is 10.2 Å². The van der Waals surface area contributed by atoms with E-state index in [0.717, 1.165) is 12.0 Å². The van der Waals surface area contributed by atoms with Crippen LogP contribution in [0.2, 0.25) is 15.1 Å². The summed E-state index contributed by atoms with van der Waals surface area (Å²) in [6.07, 6.45) is 2.04. The number of benzene rings is 2. The molecule has 1 aliphatic carbocycles. The number of carbonyl (C=O) groups is 2. The monoisotopic (exact) mass is 504 g/mol. The van der Waals surface area contributed by atoms with Crippen molar-refractivity contribution in [1.29, 1.82) is 0 Å². The van der Waals surface area contributed by atoms with Gasteiger partial charge in [-0.1, -0.05) is 34.8 Å². The highest BCUT2D eigenvalue weighted by molar-refractivity contribution is 6.36. The predicted octanol–water partition coefficient (Wildman–Crippen LogP) is 6.55. The fourth-order valence-corrected chi connectivity index (χ4v) is 4.27. The third kappa shape index (κ3) is 4.93. The van der Waals surface area contributed by atoms with Crippen LogP contribution in [0.5, 0.6) is 5.75 Å². The summed E-state index contributed by atoms with van der Waals surface area (Å²) in [4.78, 5) is 25.3. The number of amides is 1. The van der Waals surface area contributed by atoms with E-state index in [1.807, 2.05) is 6.92 Å². The van der Waals surface area contributed by atoms with Gasteiger partial charge in [0, 0.05) is 27.6 Å². The van der Waals surface area contributed by atoms with Gasteiger partial charge in [-0.25, -0.2) is 10.2 Å². The molecule has 0 aliphatic heterocycles. The van der Waals surface area contributed by atoms with Crippen LogP contribution >= 0.6 is 34.8 Å². The summed E-state index contributed by atoms with van der Waals surface area (Å²) in [5.74, 6) is 0.0385. The number of hydrazone groups is 1. The molecule has 0 atom stereocenters. The Morgan fingerprint density at radius 2 is 1.82 bits per heavy atom. The summed E-state index contributed by atoms with van der Waals surface area (Å²) in [7, 11) is 0. The van der Waals surface area contributed by atoms with Crippen molar-refractivity contribution in [1.82, 2.24) is 5.43 Å². The first-order valence-electron chi connectivity index (χ1n) is 10.2. The molecule has 0 radical (unpaired) electrons. The Morgan fingerprint density at radius 3 is 2.55 bits per heavy atom. The number of esters is 1. The van der Waals surface area contributed by atoms with Crippen molar-refractivity contribution < 1.29 is 18.7 Å². The number of fused-ring (bicyclic) bond motifs is 1. The van der Waals surface area contributed by atoms with Crippen molar-refractivity contribution in [2.24, 2.45) is 5.10 Å². The van der Waals surface area contributed by atoms with E-state index in [1.54, 1.807) is 31.2 Å². The van der Waals surface area contributed by atoms with Gasteiger partial charge >= 0.3 is 5.97 Å². The van der Waals surface area contributed by atoms with E-state index in [0.29, 0.717) is 51.2 Å². The van der Waals surface area contributed by atoms with Gasteiger partial charge in [-0.05, 0) is 68.7 Å². The van der Waals surface area contributed by atoms with E-state index < -0.39 is 11.9 Å². The Kier molecular flexibility index (Phi) is 6.79.